The van der Waals surface area contributed by atoms with E-state index in [4.69, 9.17) is 0 Å². The predicted octanol–water partition coefficient (Wildman–Crippen LogP) is 2.67. The molecule has 3 N–H and O–H groups in total. The molecule has 1 aliphatic rings. The molecule has 1 aromatic rings. The summed E-state index contributed by atoms with van der Waals surface area (Å²) in [7, 11) is -3.37. The van der Waals surface area contributed by atoms with E-state index in [1.165, 1.54) is 32.4 Å². The first kappa shape index (κ1) is 27.1. The van der Waals surface area contributed by atoms with Crippen LogP contribution in [0.2, 0.25) is 0 Å². The molecule has 172 valence electrons. The standard InChI is InChI=1S/C21H37N5O2S.HI/c1-4-22-21(23-12-15-26-13-8-5-9-14-26)24-16-19-10-6-7-11-20(19)17-29(27,28)25-18(2)3;/h6-7,10-11,18,25H,4-5,8-9,12-17H2,1-3H3,(H2,22,23,24);1H. The lowest BCUT2D eigenvalue weighted by Gasteiger charge is -2.26. The molecule has 0 unspecified atom stereocenters. The van der Waals surface area contributed by atoms with Crippen molar-refractivity contribution in [2.45, 2.75) is 58.4 Å². The van der Waals surface area contributed by atoms with Crippen LogP contribution < -0.4 is 15.4 Å². The third kappa shape index (κ3) is 10.4. The van der Waals surface area contributed by atoms with Crippen LogP contribution in [0.1, 0.15) is 51.2 Å². The first-order valence-electron chi connectivity index (χ1n) is 10.7. The summed E-state index contributed by atoms with van der Waals surface area (Å²) in [6, 6.07) is 7.49. The molecule has 0 atom stereocenters. The van der Waals surface area contributed by atoms with E-state index in [9.17, 15) is 8.42 Å². The molecule has 1 heterocycles. The summed E-state index contributed by atoms with van der Waals surface area (Å²) in [5, 5.41) is 6.67. The van der Waals surface area contributed by atoms with Crippen molar-refractivity contribution in [3.63, 3.8) is 0 Å². The minimum Gasteiger partial charge on any atom is -0.357 e. The first-order chi connectivity index (χ1) is 13.9. The predicted molar refractivity (Wildman–Crippen MR) is 136 cm³/mol. The molecule has 30 heavy (non-hydrogen) atoms. The zero-order valence-corrected chi connectivity index (χ0v) is 21.6. The highest BCUT2D eigenvalue weighted by Crippen LogP contribution is 2.14. The number of likely N-dealkylation sites (tertiary alicyclic amines) is 1. The Morgan fingerprint density at radius 1 is 1.10 bits per heavy atom. The second-order valence-corrected chi connectivity index (χ2v) is 9.58. The average molecular weight is 552 g/mol. The van der Waals surface area contributed by atoms with Crippen LogP contribution in [0.4, 0.5) is 0 Å². The lowest BCUT2D eigenvalue weighted by Crippen LogP contribution is -2.42. The molecule has 7 nitrogen and oxygen atoms in total. The van der Waals surface area contributed by atoms with Gasteiger partial charge in [0.1, 0.15) is 0 Å². The number of nitrogens with one attached hydrogen (secondary N) is 3. The van der Waals surface area contributed by atoms with Gasteiger partial charge in [-0.25, -0.2) is 18.1 Å². The second-order valence-electron chi connectivity index (χ2n) is 7.82. The smallest absolute Gasteiger partial charge is 0.216 e. The maximum atomic E-state index is 12.3. The summed E-state index contributed by atoms with van der Waals surface area (Å²) in [4.78, 5) is 7.17. The van der Waals surface area contributed by atoms with Crippen LogP contribution in [0, 0.1) is 0 Å². The van der Waals surface area contributed by atoms with Crippen LogP contribution in [-0.4, -0.2) is 58.0 Å². The molecule has 0 aliphatic carbocycles. The number of halogens is 1. The first-order valence-corrected chi connectivity index (χ1v) is 12.4. The van der Waals surface area contributed by atoms with Crippen LogP contribution >= 0.6 is 24.0 Å². The molecule has 1 fully saturated rings. The summed E-state index contributed by atoms with van der Waals surface area (Å²) in [5.41, 5.74) is 1.71. The van der Waals surface area contributed by atoms with Gasteiger partial charge in [0.05, 0.1) is 12.3 Å². The van der Waals surface area contributed by atoms with E-state index in [-0.39, 0.29) is 35.8 Å². The third-order valence-electron chi connectivity index (χ3n) is 4.80. The van der Waals surface area contributed by atoms with Crippen molar-refractivity contribution >= 4 is 40.0 Å². The average Bonchev–Trinajstić information content (AvgIpc) is 2.66. The fraction of sp³-hybridized carbons (Fsp3) is 0.667. The molecule has 2 rings (SSSR count). The van der Waals surface area contributed by atoms with E-state index >= 15 is 0 Å². The SMILES string of the molecule is CCNC(=NCc1ccccc1CS(=O)(=O)NC(C)C)NCCN1CCCCC1.I. The van der Waals surface area contributed by atoms with Gasteiger partial charge in [-0.3, -0.25) is 0 Å². The number of aliphatic imine (C=N–C) groups is 1. The Morgan fingerprint density at radius 3 is 2.40 bits per heavy atom. The Kier molecular flexibility index (Phi) is 12.8. The molecule has 0 bridgehead atoms. The number of benzene rings is 1. The van der Waals surface area contributed by atoms with Crippen LogP contribution in [0.3, 0.4) is 0 Å². The van der Waals surface area contributed by atoms with Crippen LogP contribution in [0.25, 0.3) is 0 Å². The number of hydrogen-bond acceptors (Lipinski definition) is 4. The van der Waals surface area contributed by atoms with Crippen LogP contribution in [0.5, 0.6) is 0 Å². The third-order valence-corrected chi connectivity index (χ3v) is 6.32. The Hall–Kier alpha value is -0.910. The Bertz CT molecular complexity index is 750. The van der Waals surface area contributed by atoms with E-state index in [2.05, 4.69) is 25.2 Å². The van der Waals surface area contributed by atoms with E-state index in [1.807, 2.05) is 45.0 Å². The zero-order chi connectivity index (χ0) is 21.1. The van der Waals surface area contributed by atoms with E-state index in [0.717, 1.165) is 36.7 Å². The number of nitrogens with zero attached hydrogens (tertiary/aromatic N) is 2. The highest BCUT2D eigenvalue weighted by Gasteiger charge is 2.15. The summed E-state index contributed by atoms with van der Waals surface area (Å²) >= 11 is 0. The molecular weight excluding hydrogens is 513 g/mol. The van der Waals surface area contributed by atoms with Crippen molar-refractivity contribution in [2.75, 3.05) is 32.7 Å². The fourth-order valence-electron chi connectivity index (χ4n) is 3.48. The molecule has 1 aliphatic heterocycles. The molecule has 1 saturated heterocycles. The second kappa shape index (κ2) is 14.2. The van der Waals surface area contributed by atoms with Gasteiger partial charge in [0.15, 0.2) is 5.96 Å². The van der Waals surface area contributed by atoms with E-state index in [1.54, 1.807) is 0 Å². The van der Waals surface area contributed by atoms with Gasteiger partial charge in [-0.1, -0.05) is 30.7 Å². The zero-order valence-electron chi connectivity index (χ0n) is 18.5. The fourth-order valence-corrected chi connectivity index (χ4v) is 4.97. The van der Waals surface area contributed by atoms with Crippen molar-refractivity contribution in [1.29, 1.82) is 0 Å². The number of guanidine groups is 1. The maximum absolute atomic E-state index is 12.3. The van der Waals surface area contributed by atoms with E-state index < -0.39 is 10.0 Å². The Labute approximate surface area is 199 Å². The van der Waals surface area contributed by atoms with Crippen molar-refractivity contribution in [3.05, 3.63) is 35.4 Å². The van der Waals surface area contributed by atoms with Gasteiger partial charge in [-0.15, -0.1) is 24.0 Å². The molecule has 0 aromatic heterocycles. The van der Waals surface area contributed by atoms with Crippen LogP contribution in [-0.2, 0) is 22.3 Å². The lowest BCUT2D eigenvalue weighted by molar-refractivity contribution is 0.232. The monoisotopic (exact) mass is 551 g/mol. The highest BCUT2D eigenvalue weighted by atomic mass is 127. The molecule has 1 aromatic carbocycles. The number of piperidine rings is 1. The van der Waals surface area contributed by atoms with Gasteiger partial charge in [-0.05, 0) is 57.8 Å². The largest absolute Gasteiger partial charge is 0.357 e. The van der Waals surface area contributed by atoms with Gasteiger partial charge in [-0.2, -0.15) is 0 Å². The van der Waals surface area contributed by atoms with Gasteiger partial charge in [0.25, 0.3) is 0 Å². The molecule has 0 saturated carbocycles. The quantitative estimate of drug-likeness (QED) is 0.237. The summed E-state index contributed by atoms with van der Waals surface area (Å²) in [5.74, 6) is 0.734. The van der Waals surface area contributed by atoms with Crippen molar-refractivity contribution in [2.24, 2.45) is 4.99 Å². The summed E-state index contributed by atoms with van der Waals surface area (Å²) in [6.07, 6.45) is 3.93. The lowest BCUT2D eigenvalue weighted by atomic mass is 10.1. The van der Waals surface area contributed by atoms with Crippen molar-refractivity contribution in [3.8, 4) is 0 Å². The normalized spacial score (nSPS) is 15.7. The number of hydrogen-bond donors (Lipinski definition) is 3. The van der Waals surface area contributed by atoms with Gasteiger partial charge in [0, 0.05) is 25.7 Å². The Morgan fingerprint density at radius 2 is 1.77 bits per heavy atom. The topological polar surface area (TPSA) is 85.8 Å². The summed E-state index contributed by atoms with van der Waals surface area (Å²) in [6.45, 7) is 11.1. The van der Waals surface area contributed by atoms with Gasteiger partial charge < -0.3 is 15.5 Å². The minimum absolute atomic E-state index is 0. The Balaban J connectivity index is 0.00000450. The van der Waals surface area contributed by atoms with Crippen molar-refractivity contribution < 1.29 is 8.42 Å². The molecule has 0 spiro atoms. The van der Waals surface area contributed by atoms with Gasteiger partial charge in [0.2, 0.25) is 10.0 Å². The maximum Gasteiger partial charge on any atom is 0.216 e. The van der Waals surface area contributed by atoms with E-state index in [0.29, 0.717) is 6.54 Å². The molecule has 0 amide bonds. The number of rotatable bonds is 10. The minimum atomic E-state index is -3.37. The van der Waals surface area contributed by atoms with Crippen LogP contribution in [0.15, 0.2) is 29.3 Å². The number of sulfonamides is 1. The highest BCUT2D eigenvalue weighted by molar-refractivity contribution is 14.0. The molecule has 9 heteroatoms. The van der Waals surface area contributed by atoms with Gasteiger partial charge >= 0.3 is 0 Å². The van der Waals surface area contributed by atoms with Crippen molar-refractivity contribution in [1.82, 2.24) is 20.3 Å². The molecule has 0 radical (unpaired) electrons. The summed E-state index contributed by atoms with van der Waals surface area (Å²) < 4.78 is 27.3. The molecular formula is C21H38IN5O2S.